The summed E-state index contributed by atoms with van der Waals surface area (Å²) in [7, 11) is 1.78. The molecule has 8 nitrogen and oxygen atoms in total. The average Bonchev–Trinajstić information content (AvgIpc) is 2.53. The van der Waals surface area contributed by atoms with Gasteiger partial charge in [-0.05, 0) is 19.8 Å². The quantitative estimate of drug-likeness (QED) is 0.767. The fraction of sp³-hybridized carbons (Fsp3) is 0.765. The average molecular weight is 349 g/mol. The number of hydrogen-bond acceptors (Lipinski definition) is 7. The lowest BCUT2D eigenvalue weighted by Crippen LogP contribution is -2.49. The molecular formula is C17H31N7O. The molecule has 0 aliphatic carbocycles. The second-order valence-electron chi connectivity index (χ2n) is 7.39. The minimum Gasteiger partial charge on any atom is -0.368 e. The second kappa shape index (κ2) is 8.42. The van der Waals surface area contributed by atoms with Crippen LogP contribution in [0.4, 0.5) is 11.9 Å². The predicted molar refractivity (Wildman–Crippen MR) is 99.8 cm³/mol. The summed E-state index contributed by atoms with van der Waals surface area (Å²) in [5.41, 5.74) is 5.31. The van der Waals surface area contributed by atoms with Crippen LogP contribution < -0.4 is 15.5 Å². The lowest BCUT2D eigenvalue weighted by molar-refractivity contribution is -0.116. The molecule has 2 rings (SSSR count). The zero-order chi connectivity index (χ0) is 18.6. The maximum atomic E-state index is 11.2. The highest BCUT2D eigenvalue weighted by Crippen LogP contribution is 2.17. The summed E-state index contributed by atoms with van der Waals surface area (Å²) in [4.78, 5) is 31.3. The van der Waals surface area contributed by atoms with Crippen molar-refractivity contribution in [2.24, 2.45) is 11.7 Å². The molecule has 2 N–H and O–H groups in total. The van der Waals surface area contributed by atoms with E-state index in [0.29, 0.717) is 23.9 Å². The van der Waals surface area contributed by atoms with Gasteiger partial charge in [-0.2, -0.15) is 15.0 Å². The van der Waals surface area contributed by atoms with E-state index in [4.69, 9.17) is 5.73 Å². The van der Waals surface area contributed by atoms with Gasteiger partial charge >= 0.3 is 0 Å². The molecule has 1 aliphatic rings. The standard InChI is InChI=1S/C17H31N7O/c1-12(2)10-15-19-16(22(5)11-14(18)25)21-17(20-15)24-8-6-23(7-9-24)13(3)4/h12-13H,6-11H2,1-5H3,(H2,18,25). The number of carbonyl (C=O) groups is 1. The molecule has 2 heterocycles. The molecule has 1 aromatic heterocycles. The van der Waals surface area contributed by atoms with E-state index >= 15 is 0 Å². The van der Waals surface area contributed by atoms with Crippen molar-refractivity contribution in [2.45, 2.75) is 40.2 Å². The monoisotopic (exact) mass is 349 g/mol. The van der Waals surface area contributed by atoms with Crippen molar-refractivity contribution in [1.29, 1.82) is 0 Å². The first-order valence-corrected chi connectivity index (χ1v) is 8.99. The van der Waals surface area contributed by atoms with Gasteiger partial charge in [0, 0.05) is 45.7 Å². The maximum Gasteiger partial charge on any atom is 0.237 e. The molecule has 140 valence electrons. The van der Waals surface area contributed by atoms with Gasteiger partial charge in [0.1, 0.15) is 5.82 Å². The van der Waals surface area contributed by atoms with Gasteiger partial charge in [-0.15, -0.1) is 0 Å². The molecule has 0 saturated carbocycles. The Morgan fingerprint density at radius 2 is 1.76 bits per heavy atom. The van der Waals surface area contributed by atoms with Gasteiger partial charge in [-0.25, -0.2) is 0 Å². The van der Waals surface area contributed by atoms with E-state index in [2.05, 4.69) is 52.4 Å². The molecule has 1 amide bonds. The van der Waals surface area contributed by atoms with Crippen LogP contribution in [0, 0.1) is 5.92 Å². The van der Waals surface area contributed by atoms with Crippen LogP contribution in [0.25, 0.3) is 0 Å². The first-order chi connectivity index (χ1) is 11.8. The van der Waals surface area contributed by atoms with Gasteiger partial charge in [0.2, 0.25) is 17.8 Å². The van der Waals surface area contributed by atoms with Gasteiger partial charge in [0.25, 0.3) is 0 Å². The Kier molecular flexibility index (Phi) is 6.52. The Hall–Kier alpha value is -1.96. The number of anilines is 2. The van der Waals surface area contributed by atoms with Gasteiger partial charge in [0.15, 0.2) is 0 Å². The summed E-state index contributed by atoms with van der Waals surface area (Å²) < 4.78 is 0. The summed E-state index contributed by atoms with van der Waals surface area (Å²) in [5.74, 6) is 2.01. The fourth-order valence-corrected chi connectivity index (χ4v) is 2.91. The summed E-state index contributed by atoms with van der Waals surface area (Å²) >= 11 is 0. The van der Waals surface area contributed by atoms with Gasteiger partial charge < -0.3 is 15.5 Å². The van der Waals surface area contributed by atoms with E-state index < -0.39 is 5.91 Å². The first kappa shape index (κ1) is 19.4. The molecule has 1 aromatic rings. The van der Waals surface area contributed by atoms with Crippen LogP contribution in [0.1, 0.15) is 33.5 Å². The highest BCUT2D eigenvalue weighted by atomic mass is 16.1. The Balaban J connectivity index is 2.22. The van der Waals surface area contributed by atoms with Crippen LogP contribution >= 0.6 is 0 Å². The van der Waals surface area contributed by atoms with Crippen molar-refractivity contribution in [3.63, 3.8) is 0 Å². The number of nitrogens with zero attached hydrogens (tertiary/aromatic N) is 6. The van der Waals surface area contributed by atoms with Crippen LogP contribution in [0.15, 0.2) is 0 Å². The third-order valence-electron chi connectivity index (χ3n) is 4.31. The summed E-state index contributed by atoms with van der Waals surface area (Å²) in [6.07, 6.45) is 0.777. The van der Waals surface area contributed by atoms with Crippen LogP contribution in [-0.4, -0.2) is 71.6 Å². The molecule has 0 bridgehead atoms. The molecule has 1 fully saturated rings. The molecule has 8 heteroatoms. The number of rotatable bonds is 7. The van der Waals surface area contributed by atoms with Crippen molar-refractivity contribution in [3.8, 4) is 0 Å². The third-order valence-corrected chi connectivity index (χ3v) is 4.31. The fourth-order valence-electron chi connectivity index (χ4n) is 2.91. The molecule has 0 aromatic carbocycles. The number of aromatic nitrogens is 3. The Morgan fingerprint density at radius 3 is 2.28 bits per heavy atom. The topological polar surface area (TPSA) is 91.5 Å². The van der Waals surface area contributed by atoms with Crippen molar-refractivity contribution < 1.29 is 4.79 Å². The summed E-state index contributed by atoms with van der Waals surface area (Å²) in [6, 6.07) is 0.550. The Bertz CT molecular complexity index is 582. The molecule has 0 spiro atoms. The highest BCUT2D eigenvalue weighted by molar-refractivity contribution is 5.78. The smallest absolute Gasteiger partial charge is 0.237 e. The molecule has 25 heavy (non-hydrogen) atoms. The number of primary amides is 1. The summed E-state index contributed by atoms with van der Waals surface area (Å²) in [6.45, 7) is 12.6. The minimum atomic E-state index is -0.402. The number of piperazine rings is 1. The van der Waals surface area contributed by atoms with Crippen molar-refractivity contribution in [2.75, 3.05) is 49.6 Å². The lowest BCUT2D eigenvalue weighted by atomic mass is 10.1. The molecule has 0 radical (unpaired) electrons. The van der Waals surface area contributed by atoms with E-state index in [-0.39, 0.29) is 6.54 Å². The molecular weight excluding hydrogens is 318 g/mol. The minimum absolute atomic E-state index is 0.0890. The molecule has 1 saturated heterocycles. The predicted octanol–water partition coefficient (Wildman–Crippen LogP) is 0.522. The Labute approximate surface area is 150 Å². The maximum absolute atomic E-state index is 11.2. The van der Waals surface area contributed by atoms with Gasteiger partial charge in [-0.1, -0.05) is 13.8 Å². The van der Waals surface area contributed by atoms with Gasteiger partial charge in [-0.3, -0.25) is 9.69 Å². The molecule has 0 unspecified atom stereocenters. The normalized spacial score (nSPS) is 15.9. The third kappa shape index (κ3) is 5.52. The zero-order valence-corrected chi connectivity index (χ0v) is 16.1. The highest BCUT2D eigenvalue weighted by Gasteiger charge is 2.22. The van der Waals surface area contributed by atoms with Crippen molar-refractivity contribution in [3.05, 3.63) is 5.82 Å². The second-order valence-corrected chi connectivity index (χ2v) is 7.39. The number of nitrogens with two attached hydrogens (primary N) is 1. The van der Waals surface area contributed by atoms with Crippen LogP contribution in [0.3, 0.4) is 0 Å². The van der Waals surface area contributed by atoms with Crippen molar-refractivity contribution >= 4 is 17.8 Å². The number of carbonyl (C=O) groups excluding carboxylic acids is 1. The number of likely N-dealkylation sites (N-methyl/N-ethyl adjacent to an activating group) is 1. The van der Waals surface area contributed by atoms with E-state index in [1.165, 1.54) is 0 Å². The SMILES string of the molecule is CC(C)Cc1nc(N(C)CC(N)=O)nc(N2CCN(C(C)C)CC2)n1. The van der Waals surface area contributed by atoms with Crippen LogP contribution in [-0.2, 0) is 11.2 Å². The number of hydrogen-bond donors (Lipinski definition) is 1. The van der Waals surface area contributed by atoms with Gasteiger partial charge in [0.05, 0.1) is 6.54 Å². The molecule has 1 aliphatic heterocycles. The van der Waals surface area contributed by atoms with E-state index in [0.717, 1.165) is 38.4 Å². The van der Waals surface area contributed by atoms with Crippen molar-refractivity contribution in [1.82, 2.24) is 19.9 Å². The van der Waals surface area contributed by atoms with E-state index in [1.807, 2.05) is 0 Å². The largest absolute Gasteiger partial charge is 0.368 e. The van der Waals surface area contributed by atoms with Crippen LogP contribution in [0.5, 0.6) is 0 Å². The van der Waals surface area contributed by atoms with E-state index in [1.54, 1.807) is 11.9 Å². The first-order valence-electron chi connectivity index (χ1n) is 8.99. The number of amides is 1. The molecule has 0 atom stereocenters. The summed E-state index contributed by atoms with van der Waals surface area (Å²) in [5, 5.41) is 0. The zero-order valence-electron chi connectivity index (χ0n) is 16.1. The Morgan fingerprint density at radius 1 is 1.12 bits per heavy atom. The van der Waals surface area contributed by atoms with Crippen LogP contribution in [0.2, 0.25) is 0 Å². The lowest BCUT2D eigenvalue weighted by Gasteiger charge is -2.37. The van der Waals surface area contributed by atoms with E-state index in [9.17, 15) is 4.79 Å².